The third-order valence-electron chi connectivity index (χ3n) is 5.84. The average molecular weight is 371 g/mol. The van der Waals surface area contributed by atoms with E-state index >= 15 is 0 Å². The molecule has 27 heavy (non-hydrogen) atoms. The van der Waals surface area contributed by atoms with Gasteiger partial charge in [-0.2, -0.15) is 0 Å². The topological polar surface area (TPSA) is 59.1 Å². The molecular formula is C20H29N5O2. The number of amides is 3. The summed E-state index contributed by atoms with van der Waals surface area (Å²) in [7, 11) is 1.79. The van der Waals surface area contributed by atoms with Gasteiger partial charge in [0, 0.05) is 32.4 Å². The van der Waals surface area contributed by atoms with Crippen LogP contribution in [0, 0.1) is 12.8 Å². The van der Waals surface area contributed by atoms with Gasteiger partial charge in [-0.1, -0.05) is 32.0 Å². The van der Waals surface area contributed by atoms with Gasteiger partial charge in [-0.05, 0) is 30.9 Å². The number of imide groups is 1. The second-order valence-electron chi connectivity index (χ2n) is 8.24. The molecule has 7 heteroatoms. The number of hydrogen-bond donors (Lipinski definition) is 1. The summed E-state index contributed by atoms with van der Waals surface area (Å²) in [6.45, 7) is 8.42. The Hall–Kier alpha value is -2.12. The number of likely N-dealkylation sites (N-methyl/N-ethyl adjacent to an activating group) is 1. The van der Waals surface area contributed by atoms with Crippen molar-refractivity contribution < 1.29 is 9.59 Å². The standard InChI is InChI=1S/C20H29N5O2/c1-13(2)12-25-18(26)16-17(22(4)20(25)27)21-19-23(10-7-11-24(16)19)15-9-6-5-8-14(15)3/h5-6,8-9,13,16-17,19,21H,7,10-12H2,1-4H3. The molecule has 3 amide bonds. The van der Waals surface area contributed by atoms with Gasteiger partial charge in [-0.15, -0.1) is 0 Å². The number of rotatable bonds is 3. The summed E-state index contributed by atoms with van der Waals surface area (Å²) in [4.78, 5) is 33.7. The van der Waals surface area contributed by atoms with Crippen molar-refractivity contribution in [2.75, 3.05) is 31.6 Å². The maximum Gasteiger partial charge on any atom is 0.327 e. The highest BCUT2D eigenvalue weighted by molar-refractivity contribution is 6.00. The van der Waals surface area contributed by atoms with Crippen molar-refractivity contribution in [2.24, 2.45) is 5.92 Å². The second kappa shape index (κ2) is 6.80. The molecule has 1 aromatic carbocycles. The van der Waals surface area contributed by atoms with E-state index in [4.69, 9.17) is 0 Å². The van der Waals surface area contributed by atoms with Gasteiger partial charge in [0.1, 0.15) is 18.5 Å². The smallest absolute Gasteiger partial charge is 0.327 e. The van der Waals surface area contributed by atoms with E-state index in [1.165, 1.54) is 16.2 Å². The van der Waals surface area contributed by atoms with Gasteiger partial charge >= 0.3 is 6.03 Å². The van der Waals surface area contributed by atoms with E-state index in [1.807, 2.05) is 19.9 Å². The number of carbonyl (C=O) groups is 2. The second-order valence-corrected chi connectivity index (χ2v) is 8.24. The first kappa shape index (κ1) is 18.3. The fourth-order valence-corrected chi connectivity index (χ4v) is 4.58. The summed E-state index contributed by atoms with van der Waals surface area (Å²) in [5, 5.41) is 3.56. The minimum absolute atomic E-state index is 0.0709. The van der Waals surface area contributed by atoms with Gasteiger partial charge in [0.05, 0.1) is 0 Å². The summed E-state index contributed by atoms with van der Waals surface area (Å²) in [5.41, 5.74) is 2.40. The van der Waals surface area contributed by atoms with Crippen molar-refractivity contribution in [3.63, 3.8) is 0 Å². The first-order chi connectivity index (χ1) is 12.9. The number of aryl methyl sites for hydroxylation is 1. The van der Waals surface area contributed by atoms with Crippen LogP contribution in [0.1, 0.15) is 25.8 Å². The van der Waals surface area contributed by atoms with E-state index in [0.29, 0.717) is 6.54 Å². The highest BCUT2D eigenvalue weighted by Gasteiger charge is 2.56. The zero-order valence-corrected chi connectivity index (χ0v) is 16.6. The number of nitrogens with one attached hydrogen (secondary N) is 1. The lowest BCUT2D eigenvalue weighted by molar-refractivity contribution is -0.139. The molecule has 0 bridgehead atoms. The van der Waals surface area contributed by atoms with Gasteiger partial charge in [-0.3, -0.25) is 19.9 Å². The van der Waals surface area contributed by atoms with E-state index in [9.17, 15) is 9.59 Å². The molecule has 3 aliphatic heterocycles. The predicted molar refractivity (Wildman–Crippen MR) is 104 cm³/mol. The highest BCUT2D eigenvalue weighted by Crippen LogP contribution is 2.34. The molecule has 4 rings (SSSR count). The molecule has 146 valence electrons. The van der Waals surface area contributed by atoms with E-state index in [0.717, 1.165) is 19.5 Å². The number of urea groups is 1. The summed E-state index contributed by atoms with van der Waals surface area (Å²) >= 11 is 0. The Balaban J connectivity index is 1.66. The van der Waals surface area contributed by atoms with Crippen LogP contribution in [0.15, 0.2) is 24.3 Å². The molecular weight excluding hydrogens is 342 g/mol. The third kappa shape index (κ3) is 2.89. The van der Waals surface area contributed by atoms with Gasteiger partial charge in [0.15, 0.2) is 0 Å². The largest absolute Gasteiger partial charge is 0.343 e. The van der Waals surface area contributed by atoms with Crippen LogP contribution in [0.25, 0.3) is 0 Å². The Morgan fingerprint density at radius 3 is 2.63 bits per heavy atom. The van der Waals surface area contributed by atoms with E-state index in [2.05, 4.69) is 40.2 Å². The van der Waals surface area contributed by atoms with Crippen LogP contribution in [0.2, 0.25) is 0 Å². The van der Waals surface area contributed by atoms with Crippen LogP contribution in [-0.4, -0.2) is 71.8 Å². The van der Waals surface area contributed by atoms with Crippen molar-refractivity contribution in [3.05, 3.63) is 29.8 Å². The fraction of sp³-hybridized carbons (Fsp3) is 0.600. The number of anilines is 1. The van der Waals surface area contributed by atoms with Crippen LogP contribution in [0.5, 0.6) is 0 Å². The van der Waals surface area contributed by atoms with Gasteiger partial charge in [0.2, 0.25) is 0 Å². The lowest BCUT2D eigenvalue weighted by Gasteiger charge is -2.44. The molecule has 0 aromatic heterocycles. The Morgan fingerprint density at radius 1 is 1.19 bits per heavy atom. The monoisotopic (exact) mass is 371 g/mol. The lowest BCUT2D eigenvalue weighted by Crippen LogP contribution is -2.66. The van der Waals surface area contributed by atoms with Crippen LogP contribution in [0.4, 0.5) is 10.5 Å². The van der Waals surface area contributed by atoms with Gasteiger partial charge in [0.25, 0.3) is 5.91 Å². The molecule has 3 heterocycles. The van der Waals surface area contributed by atoms with Crippen molar-refractivity contribution in [1.82, 2.24) is 20.0 Å². The predicted octanol–water partition coefficient (Wildman–Crippen LogP) is 1.64. The van der Waals surface area contributed by atoms with E-state index in [1.54, 1.807) is 11.9 Å². The van der Waals surface area contributed by atoms with Crippen molar-refractivity contribution in [1.29, 1.82) is 0 Å². The van der Waals surface area contributed by atoms with Crippen molar-refractivity contribution in [2.45, 2.75) is 45.7 Å². The number of carbonyl (C=O) groups excluding carboxylic acids is 2. The first-order valence-electron chi connectivity index (χ1n) is 9.82. The van der Waals surface area contributed by atoms with Gasteiger partial charge in [-0.25, -0.2) is 4.79 Å². The average Bonchev–Trinajstić information content (AvgIpc) is 3.04. The quantitative estimate of drug-likeness (QED) is 0.875. The maximum atomic E-state index is 13.2. The molecule has 7 nitrogen and oxygen atoms in total. The molecule has 3 fully saturated rings. The molecule has 3 aliphatic rings. The summed E-state index contributed by atoms with van der Waals surface area (Å²) < 4.78 is 0. The summed E-state index contributed by atoms with van der Waals surface area (Å²) in [5.74, 6) is 0.177. The molecule has 3 atom stereocenters. The molecule has 3 saturated heterocycles. The number of benzene rings is 1. The van der Waals surface area contributed by atoms with Crippen LogP contribution < -0.4 is 10.2 Å². The van der Waals surface area contributed by atoms with Crippen molar-refractivity contribution >= 4 is 17.6 Å². The first-order valence-corrected chi connectivity index (χ1v) is 9.82. The maximum absolute atomic E-state index is 13.2. The van der Waals surface area contributed by atoms with Crippen LogP contribution in [0.3, 0.4) is 0 Å². The number of hydrogen-bond acceptors (Lipinski definition) is 5. The summed E-state index contributed by atoms with van der Waals surface area (Å²) in [6, 6.07) is 7.80. The van der Waals surface area contributed by atoms with E-state index in [-0.39, 0.29) is 36.4 Å². The number of fused-ring (bicyclic) bond motifs is 3. The SMILES string of the molecule is Cc1ccccc1N1CCCN2C3C(=O)N(CC(C)C)C(=O)N(C)C3NC12. The number of nitrogens with zero attached hydrogens (tertiary/aromatic N) is 4. The number of para-hydroxylation sites is 1. The highest BCUT2D eigenvalue weighted by atomic mass is 16.2. The lowest BCUT2D eigenvalue weighted by atomic mass is 10.1. The molecule has 0 spiro atoms. The summed E-state index contributed by atoms with van der Waals surface area (Å²) in [6.07, 6.45) is 0.626. The zero-order valence-electron chi connectivity index (χ0n) is 16.6. The molecule has 1 aromatic rings. The molecule has 0 aliphatic carbocycles. The zero-order chi connectivity index (χ0) is 19.3. The van der Waals surface area contributed by atoms with Crippen LogP contribution >= 0.6 is 0 Å². The molecule has 0 saturated carbocycles. The van der Waals surface area contributed by atoms with E-state index < -0.39 is 0 Å². The Labute approximate surface area is 160 Å². The fourth-order valence-electron chi connectivity index (χ4n) is 4.58. The van der Waals surface area contributed by atoms with Crippen LogP contribution in [-0.2, 0) is 4.79 Å². The molecule has 3 unspecified atom stereocenters. The Kier molecular flexibility index (Phi) is 4.60. The minimum Gasteiger partial charge on any atom is -0.343 e. The molecule has 1 N–H and O–H groups in total. The Bertz CT molecular complexity index is 752. The minimum atomic E-state index is -0.330. The van der Waals surface area contributed by atoms with Crippen molar-refractivity contribution in [3.8, 4) is 0 Å². The third-order valence-corrected chi connectivity index (χ3v) is 5.84. The van der Waals surface area contributed by atoms with Gasteiger partial charge < -0.3 is 9.80 Å². The molecule has 0 radical (unpaired) electrons. The normalized spacial score (nSPS) is 28.8. The Morgan fingerprint density at radius 2 is 1.93 bits per heavy atom.